The zero-order chi connectivity index (χ0) is 14.8. The molecule has 1 aromatic heterocycles. The van der Waals surface area contributed by atoms with Gasteiger partial charge in [0.25, 0.3) is 5.91 Å². The Morgan fingerprint density at radius 1 is 1.38 bits per heavy atom. The molecule has 0 spiro atoms. The third kappa shape index (κ3) is 2.38. The number of carbonyl (C=O) groups is 2. The van der Waals surface area contributed by atoms with Crippen LogP contribution in [0.25, 0.3) is 10.9 Å². The van der Waals surface area contributed by atoms with Crippen LogP contribution in [0.2, 0.25) is 0 Å². The number of amides is 2. The number of H-pyrrole nitrogens is 1. The summed E-state index contributed by atoms with van der Waals surface area (Å²) in [6, 6.07) is 6.90. The number of aromatic amines is 1. The van der Waals surface area contributed by atoms with E-state index in [0.717, 1.165) is 10.9 Å². The molecule has 2 amide bonds. The molecule has 2 N–H and O–H groups in total. The molecule has 110 valence electrons. The van der Waals surface area contributed by atoms with Crippen molar-refractivity contribution in [3.05, 3.63) is 36.0 Å². The molecule has 6 nitrogen and oxygen atoms in total. The average Bonchev–Trinajstić information content (AvgIpc) is 3.02. The van der Waals surface area contributed by atoms with Crippen molar-refractivity contribution in [1.82, 2.24) is 15.2 Å². The van der Waals surface area contributed by atoms with E-state index < -0.39 is 6.04 Å². The summed E-state index contributed by atoms with van der Waals surface area (Å²) >= 11 is 0. The minimum atomic E-state index is -0.582. The number of ether oxygens (including phenoxy) is 1. The quantitative estimate of drug-likeness (QED) is 0.856. The molecule has 2 heterocycles. The van der Waals surface area contributed by atoms with E-state index in [1.165, 1.54) is 0 Å². The van der Waals surface area contributed by atoms with E-state index in [1.807, 2.05) is 18.2 Å². The Kier molecular flexibility index (Phi) is 3.62. The summed E-state index contributed by atoms with van der Waals surface area (Å²) in [5, 5.41) is 3.56. The number of benzene rings is 1. The Labute approximate surface area is 122 Å². The van der Waals surface area contributed by atoms with E-state index in [-0.39, 0.29) is 18.4 Å². The van der Waals surface area contributed by atoms with Crippen LogP contribution in [0.3, 0.4) is 0 Å². The highest BCUT2D eigenvalue weighted by Crippen LogP contribution is 2.20. The van der Waals surface area contributed by atoms with Gasteiger partial charge in [-0.1, -0.05) is 12.1 Å². The molecule has 0 saturated carbocycles. The Hall–Kier alpha value is -2.34. The predicted octanol–water partition coefficient (Wildman–Crippen LogP) is 0.755. The Morgan fingerprint density at radius 2 is 2.24 bits per heavy atom. The number of fused-ring (bicyclic) bond motifs is 1. The van der Waals surface area contributed by atoms with Crippen LogP contribution in [0.5, 0.6) is 0 Å². The van der Waals surface area contributed by atoms with Crippen LogP contribution >= 0.6 is 0 Å². The summed E-state index contributed by atoms with van der Waals surface area (Å²) < 4.78 is 5.33. The first-order valence-corrected chi connectivity index (χ1v) is 6.89. The van der Waals surface area contributed by atoms with Gasteiger partial charge < -0.3 is 19.9 Å². The molecule has 0 radical (unpaired) electrons. The number of likely N-dealkylation sites (N-methyl/N-ethyl adjacent to an activating group) is 1. The van der Waals surface area contributed by atoms with E-state index >= 15 is 0 Å². The van der Waals surface area contributed by atoms with Gasteiger partial charge in [-0.3, -0.25) is 9.59 Å². The molecule has 0 aliphatic carbocycles. The van der Waals surface area contributed by atoms with Crippen molar-refractivity contribution in [2.75, 3.05) is 26.8 Å². The van der Waals surface area contributed by atoms with Crippen LogP contribution in [-0.2, 0) is 9.53 Å². The van der Waals surface area contributed by atoms with Gasteiger partial charge in [0.1, 0.15) is 6.04 Å². The van der Waals surface area contributed by atoms with Gasteiger partial charge in [-0.2, -0.15) is 0 Å². The minimum absolute atomic E-state index is 0.153. The van der Waals surface area contributed by atoms with E-state index in [1.54, 1.807) is 24.2 Å². The summed E-state index contributed by atoms with van der Waals surface area (Å²) in [7, 11) is 1.56. The number of para-hydroxylation sites is 1. The highest BCUT2D eigenvalue weighted by Gasteiger charge is 2.33. The SMILES string of the molecule is CNC(=O)C1COCCN1C(=O)c1cccc2cc[nH]c12. The first-order valence-electron chi connectivity index (χ1n) is 6.89. The van der Waals surface area contributed by atoms with Crippen LogP contribution in [0.4, 0.5) is 0 Å². The van der Waals surface area contributed by atoms with E-state index in [9.17, 15) is 9.59 Å². The first-order chi connectivity index (χ1) is 10.2. The maximum Gasteiger partial charge on any atom is 0.256 e. The fourth-order valence-electron chi connectivity index (χ4n) is 2.65. The van der Waals surface area contributed by atoms with Gasteiger partial charge in [-0.25, -0.2) is 0 Å². The number of hydrogen-bond donors (Lipinski definition) is 2. The highest BCUT2D eigenvalue weighted by atomic mass is 16.5. The Bertz CT molecular complexity index is 680. The zero-order valence-electron chi connectivity index (χ0n) is 11.8. The molecular formula is C15H17N3O3. The van der Waals surface area contributed by atoms with Crippen molar-refractivity contribution in [2.24, 2.45) is 0 Å². The lowest BCUT2D eigenvalue weighted by Gasteiger charge is -2.34. The highest BCUT2D eigenvalue weighted by molar-refractivity contribution is 6.07. The molecule has 6 heteroatoms. The van der Waals surface area contributed by atoms with Gasteiger partial charge in [0, 0.05) is 25.2 Å². The van der Waals surface area contributed by atoms with Gasteiger partial charge in [-0.05, 0) is 12.1 Å². The Balaban J connectivity index is 1.96. The van der Waals surface area contributed by atoms with Gasteiger partial charge in [0.05, 0.1) is 24.3 Å². The van der Waals surface area contributed by atoms with Crippen LogP contribution in [0.15, 0.2) is 30.5 Å². The molecule has 1 aromatic carbocycles. The molecule has 0 bridgehead atoms. The van der Waals surface area contributed by atoms with Crippen molar-refractivity contribution < 1.29 is 14.3 Å². The number of nitrogens with zero attached hydrogens (tertiary/aromatic N) is 1. The standard InChI is InChI=1S/C15H17N3O3/c1-16-14(19)12-9-21-8-7-18(12)15(20)11-4-2-3-10-5-6-17-13(10)11/h2-6,12,17H,7-9H2,1H3,(H,16,19). The van der Waals surface area contributed by atoms with Crippen molar-refractivity contribution in [1.29, 1.82) is 0 Å². The monoisotopic (exact) mass is 287 g/mol. The molecule has 1 saturated heterocycles. The molecule has 1 unspecified atom stereocenters. The molecule has 2 aromatic rings. The van der Waals surface area contributed by atoms with Crippen molar-refractivity contribution >= 4 is 22.7 Å². The summed E-state index contributed by atoms with van der Waals surface area (Å²) in [5.41, 5.74) is 1.37. The number of rotatable bonds is 2. The molecule has 1 aliphatic heterocycles. The third-order valence-corrected chi connectivity index (χ3v) is 3.76. The number of nitrogens with one attached hydrogen (secondary N) is 2. The van der Waals surface area contributed by atoms with E-state index in [2.05, 4.69) is 10.3 Å². The molecule has 21 heavy (non-hydrogen) atoms. The number of carbonyl (C=O) groups excluding carboxylic acids is 2. The van der Waals surface area contributed by atoms with Crippen LogP contribution in [-0.4, -0.2) is 54.5 Å². The summed E-state index contributed by atoms with van der Waals surface area (Å²) in [5.74, 6) is -0.360. The van der Waals surface area contributed by atoms with E-state index in [4.69, 9.17) is 4.74 Å². The number of hydrogen-bond acceptors (Lipinski definition) is 3. The first kappa shape index (κ1) is 13.6. The lowest BCUT2D eigenvalue weighted by Crippen LogP contribution is -2.55. The fraction of sp³-hybridized carbons (Fsp3) is 0.333. The number of aromatic nitrogens is 1. The lowest BCUT2D eigenvalue weighted by molar-refractivity contribution is -0.130. The molecule has 1 aliphatic rings. The smallest absolute Gasteiger partial charge is 0.256 e. The largest absolute Gasteiger partial charge is 0.377 e. The molecule has 3 rings (SSSR count). The fourth-order valence-corrected chi connectivity index (χ4v) is 2.65. The Morgan fingerprint density at radius 3 is 3.05 bits per heavy atom. The van der Waals surface area contributed by atoms with Gasteiger partial charge in [-0.15, -0.1) is 0 Å². The summed E-state index contributed by atoms with van der Waals surface area (Å²) in [6.45, 7) is 1.08. The zero-order valence-corrected chi connectivity index (χ0v) is 11.8. The van der Waals surface area contributed by atoms with E-state index in [0.29, 0.717) is 18.7 Å². The second-order valence-electron chi connectivity index (χ2n) is 4.95. The lowest BCUT2D eigenvalue weighted by atomic mass is 10.1. The van der Waals surface area contributed by atoms with Gasteiger partial charge in [0.2, 0.25) is 5.91 Å². The van der Waals surface area contributed by atoms with Crippen LogP contribution in [0.1, 0.15) is 10.4 Å². The second-order valence-corrected chi connectivity index (χ2v) is 4.95. The maximum absolute atomic E-state index is 12.8. The number of morpholine rings is 1. The van der Waals surface area contributed by atoms with Crippen molar-refractivity contribution in [3.63, 3.8) is 0 Å². The average molecular weight is 287 g/mol. The maximum atomic E-state index is 12.8. The van der Waals surface area contributed by atoms with Crippen molar-refractivity contribution in [2.45, 2.75) is 6.04 Å². The second kappa shape index (κ2) is 5.57. The minimum Gasteiger partial charge on any atom is -0.377 e. The topological polar surface area (TPSA) is 74.4 Å². The summed E-state index contributed by atoms with van der Waals surface area (Å²) in [4.78, 5) is 29.4. The molecule has 1 atom stereocenters. The predicted molar refractivity (Wildman–Crippen MR) is 78.0 cm³/mol. The van der Waals surface area contributed by atoms with Crippen LogP contribution in [0, 0.1) is 0 Å². The van der Waals surface area contributed by atoms with Gasteiger partial charge in [0.15, 0.2) is 0 Å². The normalized spacial score (nSPS) is 18.7. The third-order valence-electron chi connectivity index (χ3n) is 3.76. The van der Waals surface area contributed by atoms with Crippen molar-refractivity contribution in [3.8, 4) is 0 Å². The molecular weight excluding hydrogens is 270 g/mol. The van der Waals surface area contributed by atoms with Crippen LogP contribution < -0.4 is 5.32 Å². The van der Waals surface area contributed by atoms with Gasteiger partial charge >= 0.3 is 0 Å². The summed E-state index contributed by atoms with van der Waals surface area (Å²) in [6.07, 6.45) is 1.80. The molecule has 1 fully saturated rings.